The Labute approximate surface area is 97.2 Å². The largest absolute Gasteiger partial charge is 0.473 e. The number of hydrogen-bond acceptors (Lipinski definition) is 3. The van der Waals surface area contributed by atoms with Crippen LogP contribution in [0.1, 0.15) is 32.6 Å². The van der Waals surface area contributed by atoms with Gasteiger partial charge in [0, 0.05) is 19.4 Å². The maximum absolute atomic E-state index is 10.7. The van der Waals surface area contributed by atoms with Gasteiger partial charge in [0.2, 0.25) is 5.91 Å². The Bertz CT molecular complexity index is 228. The molecule has 1 fully saturated rings. The molecule has 1 aliphatic heterocycles. The Kier molecular flexibility index (Phi) is 8.25. The normalized spacial score (nSPS) is 16.1. The first-order valence-corrected chi connectivity index (χ1v) is 5.52. The third-order valence-electron chi connectivity index (χ3n) is 2.12. The summed E-state index contributed by atoms with van der Waals surface area (Å²) in [5.74, 6) is 0.208. The smallest absolute Gasteiger partial charge is 0.226 e. The molecule has 1 rings (SSSR count). The maximum Gasteiger partial charge on any atom is 0.226 e. The predicted octanol–water partition coefficient (Wildman–Crippen LogP) is 2.02. The summed E-state index contributed by atoms with van der Waals surface area (Å²) in [4.78, 5) is 12.3. The van der Waals surface area contributed by atoms with Gasteiger partial charge in [-0.15, -0.1) is 0 Å². The molecule has 4 nitrogen and oxygen atoms in total. The number of nitrogens with zero attached hydrogens (tertiary/aromatic N) is 1. The van der Waals surface area contributed by atoms with E-state index in [1.165, 1.54) is 6.26 Å². The highest BCUT2D eigenvalue weighted by Gasteiger charge is 2.15. The molecule has 1 aliphatic rings. The quantitative estimate of drug-likeness (QED) is 0.577. The van der Waals surface area contributed by atoms with Crippen molar-refractivity contribution in [2.45, 2.75) is 38.9 Å². The molecule has 0 saturated carbocycles. The topological polar surface area (TPSA) is 49.8 Å². The SMILES string of the molecule is C=CN1CCCC1=O.C=COC(O)CCC. The summed E-state index contributed by atoms with van der Waals surface area (Å²) >= 11 is 0. The highest BCUT2D eigenvalue weighted by molar-refractivity contribution is 5.78. The molecular formula is C12H21NO3. The molecule has 0 aromatic carbocycles. The molecule has 16 heavy (non-hydrogen) atoms. The Balaban J connectivity index is 0.000000281. The van der Waals surface area contributed by atoms with Crippen LogP contribution in [0.4, 0.5) is 0 Å². The molecule has 1 amide bonds. The van der Waals surface area contributed by atoms with E-state index in [4.69, 9.17) is 5.11 Å². The first kappa shape index (κ1) is 14.7. The van der Waals surface area contributed by atoms with Crippen LogP contribution >= 0.6 is 0 Å². The molecule has 1 heterocycles. The van der Waals surface area contributed by atoms with Crippen molar-refractivity contribution in [3.8, 4) is 0 Å². The summed E-state index contributed by atoms with van der Waals surface area (Å²) in [5, 5.41) is 8.76. The van der Waals surface area contributed by atoms with Gasteiger partial charge in [0.05, 0.1) is 6.26 Å². The Morgan fingerprint density at radius 1 is 1.62 bits per heavy atom. The van der Waals surface area contributed by atoms with Crippen LogP contribution in [0.3, 0.4) is 0 Å². The monoisotopic (exact) mass is 227 g/mol. The molecular weight excluding hydrogens is 206 g/mol. The zero-order valence-electron chi connectivity index (χ0n) is 9.89. The van der Waals surface area contributed by atoms with Gasteiger partial charge in [-0.1, -0.05) is 26.5 Å². The van der Waals surface area contributed by atoms with E-state index in [0.717, 1.165) is 19.4 Å². The molecule has 0 aromatic rings. The fraction of sp³-hybridized carbons (Fsp3) is 0.583. The van der Waals surface area contributed by atoms with Crippen molar-refractivity contribution in [3.63, 3.8) is 0 Å². The summed E-state index contributed by atoms with van der Waals surface area (Å²) < 4.78 is 4.60. The fourth-order valence-electron chi connectivity index (χ4n) is 1.29. The van der Waals surface area contributed by atoms with Crippen LogP contribution < -0.4 is 0 Å². The molecule has 1 unspecified atom stereocenters. The number of amides is 1. The number of rotatable bonds is 5. The van der Waals surface area contributed by atoms with Crippen LogP contribution in [0.25, 0.3) is 0 Å². The lowest BCUT2D eigenvalue weighted by atomic mass is 10.3. The second kappa shape index (κ2) is 8.97. The first-order chi connectivity index (χ1) is 7.65. The van der Waals surface area contributed by atoms with Gasteiger partial charge in [-0.3, -0.25) is 4.79 Å². The molecule has 4 heteroatoms. The van der Waals surface area contributed by atoms with Crippen LogP contribution in [0.2, 0.25) is 0 Å². The minimum absolute atomic E-state index is 0.208. The molecule has 1 atom stereocenters. The van der Waals surface area contributed by atoms with Crippen molar-refractivity contribution in [1.29, 1.82) is 0 Å². The number of likely N-dealkylation sites (tertiary alicyclic amines) is 1. The molecule has 92 valence electrons. The zero-order chi connectivity index (χ0) is 12.4. The van der Waals surface area contributed by atoms with Gasteiger partial charge in [0.25, 0.3) is 0 Å². The average Bonchev–Trinajstić information content (AvgIpc) is 2.65. The van der Waals surface area contributed by atoms with E-state index in [0.29, 0.717) is 12.8 Å². The second-order valence-electron chi connectivity index (χ2n) is 3.42. The van der Waals surface area contributed by atoms with Gasteiger partial charge >= 0.3 is 0 Å². The van der Waals surface area contributed by atoms with Crippen molar-refractivity contribution < 1.29 is 14.6 Å². The minimum atomic E-state index is -0.655. The van der Waals surface area contributed by atoms with E-state index < -0.39 is 6.29 Å². The second-order valence-corrected chi connectivity index (χ2v) is 3.42. The third-order valence-corrected chi connectivity index (χ3v) is 2.12. The molecule has 0 aromatic heterocycles. The molecule has 0 bridgehead atoms. The molecule has 0 spiro atoms. The number of ether oxygens (including phenoxy) is 1. The lowest BCUT2D eigenvalue weighted by Gasteiger charge is -2.06. The van der Waals surface area contributed by atoms with E-state index in [1.54, 1.807) is 11.1 Å². The van der Waals surface area contributed by atoms with E-state index in [-0.39, 0.29) is 5.91 Å². The summed E-state index contributed by atoms with van der Waals surface area (Å²) in [6.07, 6.45) is 5.48. The van der Waals surface area contributed by atoms with Crippen molar-refractivity contribution >= 4 is 5.91 Å². The Morgan fingerprint density at radius 3 is 2.62 bits per heavy atom. The van der Waals surface area contributed by atoms with Crippen LogP contribution in [0.5, 0.6) is 0 Å². The van der Waals surface area contributed by atoms with Crippen molar-refractivity contribution in [3.05, 3.63) is 25.6 Å². The molecule has 1 N–H and O–H groups in total. The molecule has 0 radical (unpaired) electrons. The zero-order valence-corrected chi connectivity index (χ0v) is 9.89. The van der Waals surface area contributed by atoms with E-state index in [2.05, 4.69) is 17.9 Å². The summed E-state index contributed by atoms with van der Waals surface area (Å²) in [5.41, 5.74) is 0. The van der Waals surface area contributed by atoms with Gasteiger partial charge in [-0.25, -0.2) is 0 Å². The van der Waals surface area contributed by atoms with E-state index >= 15 is 0 Å². The van der Waals surface area contributed by atoms with Crippen molar-refractivity contribution in [1.82, 2.24) is 4.90 Å². The summed E-state index contributed by atoms with van der Waals surface area (Å²) in [6.45, 7) is 9.64. The van der Waals surface area contributed by atoms with Gasteiger partial charge in [0.1, 0.15) is 0 Å². The highest BCUT2D eigenvalue weighted by atomic mass is 16.6. The Morgan fingerprint density at radius 2 is 2.31 bits per heavy atom. The van der Waals surface area contributed by atoms with Crippen LogP contribution in [0.15, 0.2) is 25.6 Å². The number of hydrogen-bond donors (Lipinski definition) is 1. The molecule has 1 saturated heterocycles. The van der Waals surface area contributed by atoms with Gasteiger partial charge in [0.15, 0.2) is 6.29 Å². The Hall–Kier alpha value is -1.29. The molecule has 0 aliphatic carbocycles. The van der Waals surface area contributed by atoms with Crippen LogP contribution in [0, 0.1) is 0 Å². The lowest BCUT2D eigenvalue weighted by Crippen LogP contribution is -2.16. The minimum Gasteiger partial charge on any atom is -0.473 e. The summed E-state index contributed by atoms with van der Waals surface area (Å²) in [7, 11) is 0. The average molecular weight is 227 g/mol. The van der Waals surface area contributed by atoms with Crippen LogP contribution in [-0.2, 0) is 9.53 Å². The number of carbonyl (C=O) groups is 1. The predicted molar refractivity (Wildman–Crippen MR) is 63.3 cm³/mol. The van der Waals surface area contributed by atoms with Crippen molar-refractivity contribution in [2.75, 3.05) is 6.54 Å². The van der Waals surface area contributed by atoms with Crippen molar-refractivity contribution in [2.24, 2.45) is 0 Å². The number of aliphatic hydroxyl groups excluding tert-OH is 1. The van der Waals surface area contributed by atoms with Crippen LogP contribution in [-0.4, -0.2) is 28.7 Å². The van der Waals surface area contributed by atoms with E-state index in [1.807, 2.05) is 6.92 Å². The number of carbonyl (C=O) groups excluding carboxylic acids is 1. The number of aliphatic hydroxyl groups is 1. The third kappa shape index (κ3) is 6.24. The standard InChI is InChI=1S/C6H9NO.C6H12O2/c1-2-7-5-3-4-6(7)8;1-3-5-6(7)8-4-2/h2H,1,3-5H2;4,6-7H,2-3,5H2,1H3. The van der Waals surface area contributed by atoms with E-state index in [9.17, 15) is 4.79 Å². The lowest BCUT2D eigenvalue weighted by molar-refractivity contribution is -0.125. The fourth-order valence-corrected chi connectivity index (χ4v) is 1.29. The highest BCUT2D eigenvalue weighted by Crippen LogP contribution is 2.08. The van der Waals surface area contributed by atoms with Gasteiger partial charge in [-0.05, 0) is 12.6 Å². The van der Waals surface area contributed by atoms with Gasteiger partial charge in [-0.2, -0.15) is 0 Å². The maximum atomic E-state index is 10.7. The van der Waals surface area contributed by atoms with Gasteiger partial charge < -0.3 is 14.7 Å². The first-order valence-electron chi connectivity index (χ1n) is 5.52. The summed E-state index contributed by atoms with van der Waals surface area (Å²) in [6, 6.07) is 0.